The molecule has 16 nitrogen and oxygen atoms in total. The molecule has 0 atom stereocenters. The molecule has 16 aromatic heterocycles. The molecule has 12 aromatic carbocycles. The van der Waals surface area contributed by atoms with Crippen LogP contribution in [0.1, 0.15) is 89.0 Å². The standard InChI is InChI=1S/4C31H18N4/c1-2-5-20-17(4-1)13-25-21(20)8-7-18-12-19-14-26-24(15-23(19)29(18)25)22-9-11-32-16-28(22)35-27-6-3-10-33-30(27)34-31(26)35;1-2-5-19-17(4-1)12-24-20(19)7-8-21-23-15-26-22-9-11-32-16-29(22)35-28-6-3-10-33-30(28)34-31(35)27(26)14-18(23)13-25(21)24;1-2-5-21-17(4-1)12-18-7-8-19-13-20-14-25-24(15-23(20)29(19)28(18)21)22-9-11-32-16-27(22)35-26-6-3-10-33-30(26)34-31(25)35;1-2-5-21-17(4-1)10-18-11-19-12-20-13-27-26(15-25(20)24(19)14-23(18)21)22-7-9-32-16-29(22)35-28-6-3-8-33-30(28)34-31(27)35/h3*1-11,14-16H,12-13H2;1-9,11,13-16H,10,12H2. The maximum Gasteiger partial charge on any atom is 0.178 e. The molecule has 16 heteroatoms. The molecule has 36 rings (SSSR count). The molecule has 0 aliphatic heterocycles. The zero-order valence-electron chi connectivity index (χ0n) is 75.1. The van der Waals surface area contributed by atoms with Crippen molar-refractivity contribution >= 4 is 154 Å². The van der Waals surface area contributed by atoms with E-state index in [0.717, 1.165) is 141 Å². The fourth-order valence-corrected chi connectivity index (χ4v) is 25.9. The summed E-state index contributed by atoms with van der Waals surface area (Å²) >= 11 is 0. The van der Waals surface area contributed by atoms with Gasteiger partial charge >= 0.3 is 0 Å². The van der Waals surface area contributed by atoms with Crippen LogP contribution in [-0.2, 0) is 51.4 Å². The third-order valence-corrected chi connectivity index (χ3v) is 31.9. The lowest BCUT2D eigenvalue weighted by Gasteiger charge is -2.13. The number of aromatic nitrogens is 16. The minimum absolute atomic E-state index is 0.767. The van der Waals surface area contributed by atoms with Gasteiger partial charge in [-0.15, -0.1) is 0 Å². The van der Waals surface area contributed by atoms with Crippen LogP contribution < -0.4 is 0 Å². The Labute approximate surface area is 796 Å². The Kier molecular flexibility index (Phi) is 14.9. The molecule has 0 unspecified atom stereocenters. The SMILES string of the molecule is c1ccc2c(c1)Cc1c-2ccc2c1-c1cc3c4ccncc4n4c5cccnc5nc4c3cc1C2.c1ccc2c(c1)Cc1c-2ccc2c1Cc1cc3c(cc1-2)c1ccncc1n1c2cccnc2nc31.c1ccc2c(c1)Cc1cc3c(cc1-2)-c1cc2c4ccncc4n4c5cccnc5nc4c2cc1C3.c1ccc2c(c1)Cc1ccc3c(c1-2)-c1cc2c4ccncc4n4c5cccnc5nc4c2cc1C3. The molecule has 0 bridgehead atoms. The maximum atomic E-state index is 4.98. The normalized spacial score (nSPS) is 13.5. The van der Waals surface area contributed by atoms with Gasteiger partial charge in [-0.25, -0.2) is 39.9 Å². The first-order chi connectivity index (χ1) is 69.4. The second-order valence-corrected chi connectivity index (χ2v) is 38.8. The minimum Gasteiger partial charge on any atom is -0.288 e. The van der Waals surface area contributed by atoms with E-state index in [1.165, 1.54) is 243 Å². The second-order valence-electron chi connectivity index (χ2n) is 38.8. The van der Waals surface area contributed by atoms with Gasteiger partial charge in [0.05, 0.1) is 68.9 Å². The lowest BCUT2D eigenvalue weighted by molar-refractivity contribution is 1.16. The number of hydrogen-bond acceptors (Lipinski definition) is 12. The first-order valence-electron chi connectivity index (χ1n) is 48.2. The summed E-state index contributed by atoms with van der Waals surface area (Å²) in [6, 6.07) is 98.1. The summed E-state index contributed by atoms with van der Waals surface area (Å²) in [6.07, 6.45) is 30.5. The number of pyridine rings is 12. The molecule has 0 N–H and O–H groups in total. The van der Waals surface area contributed by atoms with Crippen LogP contribution in [0.15, 0.2) is 341 Å². The van der Waals surface area contributed by atoms with Crippen LogP contribution in [0.3, 0.4) is 0 Å². The van der Waals surface area contributed by atoms with Crippen LogP contribution >= 0.6 is 0 Å². The van der Waals surface area contributed by atoms with Crippen molar-refractivity contribution in [2.45, 2.75) is 51.4 Å². The fraction of sp³-hybridized carbons (Fsp3) is 0.0645. The molecule has 0 saturated heterocycles. The smallest absolute Gasteiger partial charge is 0.178 e. The van der Waals surface area contributed by atoms with Crippen LogP contribution in [0.25, 0.3) is 243 Å². The van der Waals surface area contributed by atoms with Crippen LogP contribution in [0, 0.1) is 0 Å². The van der Waals surface area contributed by atoms with Gasteiger partial charge in [-0.3, -0.25) is 37.5 Å². The van der Waals surface area contributed by atoms with Crippen LogP contribution in [0.2, 0.25) is 0 Å². The molecule has 8 aliphatic carbocycles. The molecular formula is C124H72N16. The van der Waals surface area contributed by atoms with E-state index in [4.69, 9.17) is 19.9 Å². The Hall–Kier alpha value is -18.3. The summed E-state index contributed by atoms with van der Waals surface area (Å²) in [4.78, 5) is 55.9. The third-order valence-electron chi connectivity index (χ3n) is 31.9. The average molecular weight is 1790 g/mol. The van der Waals surface area contributed by atoms with Gasteiger partial charge in [0.2, 0.25) is 0 Å². The van der Waals surface area contributed by atoms with Gasteiger partial charge in [-0.1, -0.05) is 140 Å². The van der Waals surface area contributed by atoms with Gasteiger partial charge in [0.1, 0.15) is 22.6 Å². The molecular weight excluding hydrogens is 1710 g/mol. The molecule has 0 fully saturated rings. The highest BCUT2D eigenvalue weighted by Crippen LogP contribution is 2.56. The highest BCUT2D eigenvalue weighted by molar-refractivity contribution is 6.21. The van der Waals surface area contributed by atoms with Crippen LogP contribution in [-0.4, -0.2) is 77.4 Å². The topological polar surface area (TPSA) is 172 Å². The second kappa shape index (κ2) is 27.7. The summed E-state index contributed by atoms with van der Waals surface area (Å²) < 4.78 is 8.87. The van der Waals surface area contributed by atoms with Gasteiger partial charge in [-0.2, -0.15) is 0 Å². The third kappa shape index (κ3) is 10.3. The highest BCUT2D eigenvalue weighted by Gasteiger charge is 2.36. The van der Waals surface area contributed by atoms with Gasteiger partial charge in [0.15, 0.2) is 22.6 Å². The molecule has 648 valence electrons. The van der Waals surface area contributed by atoms with E-state index in [0.29, 0.717) is 0 Å². The average Bonchev–Trinajstić information content (AvgIpc) is 1.56. The number of fused-ring (bicyclic) bond motifs is 59. The molecule has 16 heterocycles. The first-order valence-corrected chi connectivity index (χ1v) is 48.2. The zero-order valence-corrected chi connectivity index (χ0v) is 75.1. The van der Waals surface area contributed by atoms with Crippen LogP contribution in [0.5, 0.6) is 0 Å². The Morgan fingerprint density at radius 2 is 0.450 bits per heavy atom. The number of hydrogen-bond donors (Lipinski definition) is 0. The quantitative estimate of drug-likeness (QED) is 0.132. The van der Waals surface area contributed by atoms with Crippen molar-refractivity contribution in [1.82, 2.24) is 77.4 Å². The molecule has 0 amide bonds. The van der Waals surface area contributed by atoms with Gasteiger partial charge < -0.3 is 0 Å². The minimum atomic E-state index is 0.767. The zero-order chi connectivity index (χ0) is 90.7. The largest absolute Gasteiger partial charge is 0.288 e. The van der Waals surface area contributed by atoms with Crippen molar-refractivity contribution in [3.8, 4) is 89.0 Å². The number of benzene rings is 12. The van der Waals surface area contributed by atoms with Gasteiger partial charge in [0, 0.05) is 92.7 Å². The lowest BCUT2D eigenvalue weighted by Crippen LogP contribution is -1.94. The molecule has 0 saturated carbocycles. The summed E-state index contributed by atoms with van der Waals surface area (Å²) in [5, 5.41) is 14.3. The number of imidazole rings is 4. The lowest BCUT2D eigenvalue weighted by atomic mass is 9.92. The van der Waals surface area contributed by atoms with E-state index < -0.39 is 0 Å². The van der Waals surface area contributed by atoms with Crippen molar-refractivity contribution in [2.75, 3.05) is 0 Å². The predicted octanol–water partition coefficient (Wildman–Crippen LogP) is 26.9. The van der Waals surface area contributed by atoms with E-state index in [1.54, 1.807) is 0 Å². The molecule has 28 aromatic rings. The number of nitrogens with zero attached hydrogens (tertiary/aromatic N) is 16. The van der Waals surface area contributed by atoms with E-state index in [1.807, 2.05) is 98.6 Å². The number of rotatable bonds is 0. The maximum absolute atomic E-state index is 4.98. The van der Waals surface area contributed by atoms with E-state index in [-0.39, 0.29) is 0 Å². The Morgan fingerprint density at radius 3 is 0.907 bits per heavy atom. The predicted molar refractivity (Wildman–Crippen MR) is 559 cm³/mol. The monoisotopic (exact) mass is 1780 g/mol. The first kappa shape index (κ1) is 75.1. The van der Waals surface area contributed by atoms with Gasteiger partial charge in [-0.05, 0) is 378 Å². The van der Waals surface area contributed by atoms with E-state index in [9.17, 15) is 0 Å². The fourth-order valence-electron chi connectivity index (χ4n) is 25.9. The molecule has 8 aliphatic rings. The van der Waals surface area contributed by atoms with Gasteiger partial charge in [0.25, 0.3) is 0 Å². The van der Waals surface area contributed by atoms with Crippen molar-refractivity contribution in [3.63, 3.8) is 0 Å². The Morgan fingerprint density at radius 1 is 0.164 bits per heavy atom. The molecule has 140 heavy (non-hydrogen) atoms. The van der Waals surface area contributed by atoms with E-state index >= 15 is 0 Å². The summed E-state index contributed by atoms with van der Waals surface area (Å²) in [5.41, 5.74) is 60.3. The Balaban J connectivity index is 0.0000000829. The summed E-state index contributed by atoms with van der Waals surface area (Å²) in [6.45, 7) is 0. The van der Waals surface area contributed by atoms with Crippen molar-refractivity contribution in [2.24, 2.45) is 0 Å². The van der Waals surface area contributed by atoms with Crippen molar-refractivity contribution in [3.05, 3.63) is 430 Å². The molecule has 0 spiro atoms. The van der Waals surface area contributed by atoms with Crippen molar-refractivity contribution < 1.29 is 0 Å². The summed E-state index contributed by atoms with van der Waals surface area (Å²) in [7, 11) is 0. The Bertz CT molecular complexity index is 10700. The van der Waals surface area contributed by atoms with Crippen molar-refractivity contribution in [1.29, 1.82) is 0 Å². The molecule has 0 radical (unpaired) electrons. The van der Waals surface area contributed by atoms with Crippen LogP contribution in [0.4, 0.5) is 0 Å². The highest BCUT2D eigenvalue weighted by atomic mass is 15.1. The van der Waals surface area contributed by atoms with E-state index in [2.05, 4.69) is 300 Å². The summed E-state index contributed by atoms with van der Waals surface area (Å²) in [5.74, 6) is 0.